The number of aliphatic imine (C=N–C) groups is 1. The Kier molecular flexibility index (Phi) is 6.78. The number of nitrogens with one attached hydrogen (secondary N) is 1. The van der Waals surface area contributed by atoms with E-state index in [4.69, 9.17) is 9.73 Å². The molecule has 1 aliphatic heterocycles. The smallest absolute Gasteiger partial charge is 0.133 e. The number of hydrogen-bond acceptors (Lipinski definition) is 3. The number of benzene rings is 3. The molecule has 1 N–H and O–H groups in total. The van der Waals surface area contributed by atoms with Crippen LogP contribution in [0.4, 0.5) is 0 Å². The summed E-state index contributed by atoms with van der Waals surface area (Å²) in [6.45, 7) is 9.29. The van der Waals surface area contributed by atoms with Crippen molar-refractivity contribution < 1.29 is 4.74 Å². The van der Waals surface area contributed by atoms with Gasteiger partial charge in [-0.15, -0.1) is 0 Å². The highest BCUT2D eigenvalue weighted by Crippen LogP contribution is 2.39. The fraction of sp³-hybridized carbons (Fsp3) is 0.296. The van der Waals surface area contributed by atoms with Crippen LogP contribution in [-0.4, -0.2) is 12.4 Å². The van der Waals surface area contributed by atoms with Crippen LogP contribution in [0.1, 0.15) is 62.0 Å². The van der Waals surface area contributed by atoms with E-state index in [-0.39, 0.29) is 17.5 Å². The molecule has 166 valence electrons. The molecule has 0 aliphatic carbocycles. The van der Waals surface area contributed by atoms with Crippen molar-refractivity contribution in [2.24, 2.45) is 4.99 Å². The topological polar surface area (TPSA) is 33.6 Å². The number of ether oxygens (including phenoxy) is 1. The van der Waals surface area contributed by atoms with Gasteiger partial charge in [0.05, 0.1) is 18.2 Å². The van der Waals surface area contributed by atoms with Crippen molar-refractivity contribution in [1.29, 1.82) is 0 Å². The number of hydrogen-bond donors (Lipinski definition) is 1. The monoisotopic (exact) mass is 554 g/mol. The molecule has 0 radical (unpaired) electrons. The minimum Gasteiger partial charge on any atom is -0.493 e. The first-order valence-corrected chi connectivity index (χ1v) is 12.5. The molecule has 1 heterocycles. The second-order valence-electron chi connectivity index (χ2n) is 9.04. The van der Waals surface area contributed by atoms with Crippen molar-refractivity contribution in [3.05, 3.63) is 97.9 Å². The molecule has 4 rings (SSSR count). The second-order valence-corrected chi connectivity index (χ2v) is 10.9. The van der Waals surface area contributed by atoms with Crippen molar-refractivity contribution in [1.82, 2.24) is 5.32 Å². The third kappa shape index (κ3) is 4.94. The van der Waals surface area contributed by atoms with E-state index in [1.54, 1.807) is 0 Å². The average Bonchev–Trinajstić information content (AvgIpc) is 3.19. The van der Waals surface area contributed by atoms with E-state index in [1.165, 1.54) is 16.7 Å². The molecular weight excluding hydrogens is 528 g/mol. The Bertz CT molecular complexity index is 1120. The highest BCUT2D eigenvalue weighted by Gasteiger charge is 2.33. The first kappa shape index (κ1) is 23.1. The van der Waals surface area contributed by atoms with E-state index in [9.17, 15) is 0 Å². The van der Waals surface area contributed by atoms with Gasteiger partial charge in [0, 0.05) is 8.95 Å². The average molecular weight is 556 g/mol. The molecule has 2 atom stereocenters. The zero-order chi connectivity index (χ0) is 22.9. The summed E-state index contributed by atoms with van der Waals surface area (Å²) in [6, 6.07) is 23.4. The fourth-order valence-corrected chi connectivity index (χ4v) is 4.48. The van der Waals surface area contributed by atoms with Crippen molar-refractivity contribution in [2.45, 2.75) is 45.2 Å². The summed E-state index contributed by atoms with van der Waals surface area (Å²) in [5, 5.41) is 3.71. The summed E-state index contributed by atoms with van der Waals surface area (Å²) in [6.07, 6.45) is 0. The maximum Gasteiger partial charge on any atom is 0.133 e. The Morgan fingerprint density at radius 3 is 2.03 bits per heavy atom. The predicted octanol–water partition coefficient (Wildman–Crippen LogP) is 7.74. The summed E-state index contributed by atoms with van der Waals surface area (Å²) in [5.74, 6) is 1.74. The first-order valence-electron chi connectivity index (χ1n) is 10.9. The molecule has 3 nitrogen and oxygen atoms in total. The molecule has 32 heavy (non-hydrogen) atoms. The van der Waals surface area contributed by atoms with E-state index >= 15 is 0 Å². The fourth-order valence-electron chi connectivity index (χ4n) is 3.95. The summed E-state index contributed by atoms with van der Waals surface area (Å²) < 4.78 is 8.19. The molecule has 0 saturated carbocycles. The standard InChI is InChI=1S/C27H28Br2N2O/c1-5-32-23-16-19(27(2,3)4)10-15-22(23)26-30-24(17-6-11-20(28)12-7-17)25(31-26)18-8-13-21(29)14-9-18/h6-16,24-25H,5H2,1-4H3,(H,30,31). The number of nitrogens with zero attached hydrogens (tertiary/aromatic N) is 1. The Labute approximate surface area is 207 Å². The molecule has 0 spiro atoms. The molecule has 1 aliphatic rings. The lowest BCUT2D eigenvalue weighted by atomic mass is 9.86. The maximum atomic E-state index is 6.07. The van der Waals surface area contributed by atoms with Gasteiger partial charge in [-0.25, -0.2) is 0 Å². The van der Waals surface area contributed by atoms with Crippen LogP contribution < -0.4 is 10.1 Å². The lowest BCUT2D eigenvalue weighted by Crippen LogP contribution is -2.25. The van der Waals surface area contributed by atoms with Crippen molar-refractivity contribution in [3.8, 4) is 5.75 Å². The quantitative estimate of drug-likeness (QED) is 0.349. The second kappa shape index (κ2) is 9.40. The summed E-state index contributed by atoms with van der Waals surface area (Å²) in [4.78, 5) is 5.17. The molecule has 0 aromatic heterocycles. The zero-order valence-corrected chi connectivity index (χ0v) is 22.0. The Hall–Kier alpha value is -2.11. The van der Waals surface area contributed by atoms with E-state index < -0.39 is 0 Å². The van der Waals surface area contributed by atoms with Crippen molar-refractivity contribution >= 4 is 37.7 Å². The third-order valence-corrected chi connectivity index (χ3v) is 6.78. The van der Waals surface area contributed by atoms with Crippen molar-refractivity contribution in [3.63, 3.8) is 0 Å². The van der Waals surface area contributed by atoms with Gasteiger partial charge in [0.1, 0.15) is 17.6 Å². The van der Waals surface area contributed by atoms with Crippen LogP contribution in [0.15, 0.2) is 80.7 Å². The van der Waals surface area contributed by atoms with E-state index in [0.29, 0.717) is 6.61 Å². The summed E-state index contributed by atoms with van der Waals surface area (Å²) in [5.41, 5.74) is 4.67. The predicted molar refractivity (Wildman–Crippen MR) is 140 cm³/mol. The molecule has 0 fully saturated rings. The van der Waals surface area contributed by atoms with Gasteiger partial charge in [-0.05, 0) is 65.4 Å². The highest BCUT2D eigenvalue weighted by atomic mass is 79.9. The van der Waals surface area contributed by atoms with Crippen LogP contribution in [0.25, 0.3) is 0 Å². The number of amidine groups is 1. The van der Waals surface area contributed by atoms with Gasteiger partial charge in [-0.3, -0.25) is 4.99 Å². The van der Waals surface area contributed by atoms with Gasteiger partial charge in [0.15, 0.2) is 0 Å². The molecule has 0 saturated heterocycles. The van der Waals surface area contributed by atoms with Gasteiger partial charge in [-0.2, -0.15) is 0 Å². The lowest BCUT2D eigenvalue weighted by Gasteiger charge is -2.22. The molecule has 2 unspecified atom stereocenters. The van der Waals surface area contributed by atoms with E-state index in [2.05, 4.69) is 125 Å². The zero-order valence-electron chi connectivity index (χ0n) is 18.8. The molecule has 3 aromatic rings. The summed E-state index contributed by atoms with van der Waals surface area (Å²) in [7, 11) is 0. The number of halogens is 2. The van der Waals surface area contributed by atoms with Gasteiger partial charge in [0.2, 0.25) is 0 Å². The van der Waals surface area contributed by atoms with Gasteiger partial charge < -0.3 is 10.1 Å². The molecule has 0 amide bonds. The van der Waals surface area contributed by atoms with Crippen molar-refractivity contribution in [2.75, 3.05) is 6.61 Å². The Morgan fingerprint density at radius 1 is 0.875 bits per heavy atom. The van der Waals surface area contributed by atoms with Crippen LogP contribution in [0.5, 0.6) is 5.75 Å². The SMILES string of the molecule is CCOc1cc(C(C)(C)C)ccc1C1=NC(c2ccc(Br)cc2)C(c2ccc(Br)cc2)N1. The Balaban J connectivity index is 1.78. The lowest BCUT2D eigenvalue weighted by molar-refractivity contribution is 0.338. The van der Waals surface area contributed by atoms with E-state index in [0.717, 1.165) is 26.1 Å². The minimum absolute atomic E-state index is 0.0314. The maximum absolute atomic E-state index is 6.07. The highest BCUT2D eigenvalue weighted by molar-refractivity contribution is 9.10. The first-order chi connectivity index (χ1) is 15.3. The van der Waals surface area contributed by atoms with E-state index in [1.807, 2.05) is 6.92 Å². The largest absolute Gasteiger partial charge is 0.493 e. The Morgan fingerprint density at radius 2 is 1.47 bits per heavy atom. The van der Waals surface area contributed by atoms with Gasteiger partial charge in [0.25, 0.3) is 0 Å². The minimum atomic E-state index is -0.0314. The molecular formula is C27H28Br2N2O. The normalized spacial score (nSPS) is 18.2. The van der Waals surface area contributed by atoms with Crippen LogP contribution in [-0.2, 0) is 5.41 Å². The van der Waals surface area contributed by atoms with Gasteiger partial charge in [-0.1, -0.05) is 83.0 Å². The van der Waals surface area contributed by atoms with Crippen LogP contribution in [0.3, 0.4) is 0 Å². The molecule has 3 aromatic carbocycles. The van der Waals surface area contributed by atoms with Crippen LogP contribution in [0.2, 0.25) is 0 Å². The van der Waals surface area contributed by atoms with Crippen LogP contribution >= 0.6 is 31.9 Å². The van der Waals surface area contributed by atoms with Gasteiger partial charge >= 0.3 is 0 Å². The third-order valence-electron chi connectivity index (χ3n) is 5.72. The summed E-state index contributed by atoms with van der Waals surface area (Å²) >= 11 is 7.10. The van der Waals surface area contributed by atoms with Crippen LogP contribution in [0, 0.1) is 0 Å². The number of rotatable bonds is 5. The molecule has 0 bridgehead atoms. The molecule has 5 heteroatoms.